The summed E-state index contributed by atoms with van der Waals surface area (Å²) < 4.78 is 13.9. The lowest BCUT2D eigenvalue weighted by molar-refractivity contribution is 0.199. The van der Waals surface area contributed by atoms with Crippen LogP contribution < -0.4 is 0 Å². The minimum absolute atomic E-state index is 0.0230. The van der Waals surface area contributed by atoms with Gasteiger partial charge < -0.3 is 0 Å². The van der Waals surface area contributed by atoms with E-state index < -0.39 is 0 Å². The van der Waals surface area contributed by atoms with E-state index in [1.807, 2.05) is 6.07 Å². The van der Waals surface area contributed by atoms with Crippen LogP contribution in [0.25, 0.3) is 0 Å². The molecule has 2 rings (SSSR count). The Bertz CT molecular complexity index is 398. The average molecular weight is 235 g/mol. The van der Waals surface area contributed by atoms with Crippen LogP contribution in [0.2, 0.25) is 0 Å². The first-order valence-electron chi connectivity index (χ1n) is 6.66. The monoisotopic (exact) mass is 235 g/mol. The first-order chi connectivity index (χ1) is 8.13. The summed E-state index contributed by atoms with van der Waals surface area (Å²) in [7, 11) is 0. The van der Waals surface area contributed by atoms with E-state index in [1.165, 1.54) is 11.1 Å². The molecule has 0 fully saturated rings. The second-order valence-electron chi connectivity index (χ2n) is 5.23. The number of halogens is 1. The molecule has 17 heavy (non-hydrogen) atoms. The summed E-state index contributed by atoms with van der Waals surface area (Å²) >= 11 is 0. The lowest BCUT2D eigenvalue weighted by Gasteiger charge is -2.33. The summed E-state index contributed by atoms with van der Waals surface area (Å²) in [4.78, 5) is 2.35. The van der Waals surface area contributed by atoms with E-state index in [4.69, 9.17) is 0 Å². The maximum atomic E-state index is 13.9. The quantitative estimate of drug-likeness (QED) is 0.774. The molecule has 0 saturated carbocycles. The van der Waals surface area contributed by atoms with Crippen molar-refractivity contribution in [3.8, 4) is 0 Å². The largest absolute Gasteiger partial charge is 0.296 e. The zero-order chi connectivity index (χ0) is 12.4. The number of nitrogens with zero attached hydrogens (tertiary/aromatic N) is 1. The predicted molar refractivity (Wildman–Crippen MR) is 69.6 cm³/mol. The van der Waals surface area contributed by atoms with Crippen LogP contribution in [0.1, 0.15) is 43.9 Å². The van der Waals surface area contributed by atoms with Gasteiger partial charge in [0.2, 0.25) is 0 Å². The Morgan fingerprint density at radius 3 is 2.71 bits per heavy atom. The van der Waals surface area contributed by atoms with Gasteiger partial charge in [-0.2, -0.15) is 0 Å². The Labute approximate surface area is 104 Å². The van der Waals surface area contributed by atoms with Crippen LogP contribution >= 0.6 is 0 Å². The van der Waals surface area contributed by atoms with Crippen LogP contribution in [0.3, 0.4) is 0 Å². The summed E-state index contributed by atoms with van der Waals surface area (Å²) in [6.07, 6.45) is 3.21. The molecule has 0 spiro atoms. The third kappa shape index (κ3) is 2.52. The molecule has 1 aromatic carbocycles. The van der Waals surface area contributed by atoms with E-state index in [-0.39, 0.29) is 5.82 Å². The minimum Gasteiger partial charge on any atom is -0.296 e. The number of aryl methyl sites for hydroxylation is 1. The first-order valence-corrected chi connectivity index (χ1v) is 6.66. The molecular formula is C15H22FN. The maximum Gasteiger partial charge on any atom is 0.127 e. The Balaban J connectivity index is 2.33. The lowest BCUT2D eigenvalue weighted by Crippen LogP contribution is -2.36. The van der Waals surface area contributed by atoms with Crippen molar-refractivity contribution in [1.29, 1.82) is 0 Å². The maximum absolute atomic E-state index is 13.9. The molecule has 1 aliphatic heterocycles. The van der Waals surface area contributed by atoms with Gasteiger partial charge in [-0.05, 0) is 43.9 Å². The molecular weight excluding hydrogens is 213 g/mol. The second kappa shape index (κ2) is 5.18. The topological polar surface area (TPSA) is 3.24 Å². The molecule has 1 aliphatic rings. The van der Waals surface area contributed by atoms with Gasteiger partial charge in [0, 0.05) is 24.7 Å². The molecule has 0 aliphatic carbocycles. The molecule has 0 N–H and O–H groups in total. The van der Waals surface area contributed by atoms with Crippen molar-refractivity contribution in [1.82, 2.24) is 4.90 Å². The Morgan fingerprint density at radius 1 is 1.29 bits per heavy atom. The molecule has 1 heterocycles. The average Bonchev–Trinajstić information content (AvgIpc) is 2.32. The number of fused-ring (bicyclic) bond motifs is 1. The van der Waals surface area contributed by atoms with Gasteiger partial charge in [-0.3, -0.25) is 4.90 Å². The highest BCUT2D eigenvalue weighted by molar-refractivity contribution is 5.38. The van der Waals surface area contributed by atoms with Crippen LogP contribution in [0.5, 0.6) is 0 Å². The third-order valence-corrected chi connectivity index (χ3v) is 3.73. The fraction of sp³-hybridized carbons (Fsp3) is 0.600. The van der Waals surface area contributed by atoms with E-state index in [2.05, 4.69) is 25.7 Å². The number of hydrogen-bond acceptors (Lipinski definition) is 1. The highest BCUT2D eigenvalue weighted by Gasteiger charge is 2.22. The molecule has 0 bridgehead atoms. The molecule has 0 atom stereocenters. The van der Waals surface area contributed by atoms with Crippen molar-refractivity contribution in [3.63, 3.8) is 0 Å². The Kier molecular flexibility index (Phi) is 3.82. The first kappa shape index (κ1) is 12.6. The van der Waals surface area contributed by atoms with E-state index in [0.29, 0.717) is 6.04 Å². The van der Waals surface area contributed by atoms with Gasteiger partial charge in [0.25, 0.3) is 0 Å². The zero-order valence-corrected chi connectivity index (χ0v) is 11.1. The molecule has 1 nitrogen and oxygen atoms in total. The Morgan fingerprint density at radius 2 is 2.06 bits per heavy atom. The van der Waals surface area contributed by atoms with E-state index >= 15 is 0 Å². The zero-order valence-electron chi connectivity index (χ0n) is 11.1. The van der Waals surface area contributed by atoms with Gasteiger partial charge in [-0.1, -0.05) is 19.4 Å². The molecule has 0 amide bonds. The molecule has 0 radical (unpaired) electrons. The summed E-state index contributed by atoms with van der Waals surface area (Å²) in [5.74, 6) is -0.0230. The van der Waals surface area contributed by atoms with Crippen molar-refractivity contribution < 1.29 is 4.39 Å². The number of benzene rings is 1. The fourth-order valence-electron chi connectivity index (χ4n) is 2.68. The van der Waals surface area contributed by atoms with Crippen LogP contribution in [0.4, 0.5) is 4.39 Å². The number of rotatable bonds is 3. The SMILES string of the molecule is CCCc1ccc(F)c2c1CCN(C(C)C)C2. The van der Waals surface area contributed by atoms with Crippen LogP contribution in [-0.2, 0) is 19.4 Å². The lowest BCUT2D eigenvalue weighted by atomic mass is 9.91. The van der Waals surface area contributed by atoms with E-state index in [0.717, 1.165) is 37.9 Å². The number of hydrogen-bond donors (Lipinski definition) is 0. The second-order valence-corrected chi connectivity index (χ2v) is 5.23. The molecule has 2 heteroatoms. The van der Waals surface area contributed by atoms with Gasteiger partial charge in [-0.25, -0.2) is 4.39 Å². The van der Waals surface area contributed by atoms with E-state index in [1.54, 1.807) is 6.07 Å². The van der Waals surface area contributed by atoms with Gasteiger partial charge in [0.05, 0.1) is 0 Å². The highest BCUT2D eigenvalue weighted by atomic mass is 19.1. The molecule has 94 valence electrons. The predicted octanol–water partition coefficient (Wildman–Crippen LogP) is 3.54. The molecule has 1 aromatic rings. The third-order valence-electron chi connectivity index (χ3n) is 3.73. The van der Waals surface area contributed by atoms with Crippen molar-refractivity contribution in [2.24, 2.45) is 0 Å². The standard InChI is InChI=1S/C15H22FN/c1-4-5-12-6-7-15(16)14-10-17(11(2)3)9-8-13(12)14/h6-7,11H,4-5,8-10H2,1-3H3. The van der Waals surface area contributed by atoms with Crippen molar-refractivity contribution in [2.45, 2.75) is 52.6 Å². The normalized spacial score (nSPS) is 16.3. The van der Waals surface area contributed by atoms with Crippen molar-refractivity contribution in [2.75, 3.05) is 6.54 Å². The van der Waals surface area contributed by atoms with Gasteiger partial charge in [0.15, 0.2) is 0 Å². The van der Waals surface area contributed by atoms with Crippen molar-refractivity contribution in [3.05, 3.63) is 34.6 Å². The van der Waals surface area contributed by atoms with Gasteiger partial charge in [0.1, 0.15) is 5.82 Å². The highest BCUT2D eigenvalue weighted by Crippen LogP contribution is 2.27. The van der Waals surface area contributed by atoms with Crippen LogP contribution in [0, 0.1) is 5.82 Å². The molecule has 0 saturated heterocycles. The fourth-order valence-corrected chi connectivity index (χ4v) is 2.68. The Hall–Kier alpha value is -0.890. The summed E-state index contributed by atoms with van der Waals surface area (Å²) in [5.41, 5.74) is 3.58. The summed E-state index contributed by atoms with van der Waals surface area (Å²) in [6.45, 7) is 8.37. The van der Waals surface area contributed by atoms with Crippen LogP contribution in [0.15, 0.2) is 12.1 Å². The van der Waals surface area contributed by atoms with Crippen LogP contribution in [-0.4, -0.2) is 17.5 Å². The van der Waals surface area contributed by atoms with Crippen molar-refractivity contribution >= 4 is 0 Å². The molecule has 0 aromatic heterocycles. The minimum atomic E-state index is -0.0230. The molecule has 0 unspecified atom stereocenters. The van der Waals surface area contributed by atoms with Gasteiger partial charge in [-0.15, -0.1) is 0 Å². The van der Waals surface area contributed by atoms with E-state index in [9.17, 15) is 4.39 Å². The smallest absolute Gasteiger partial charge is 0.127 e. The summed E-state index contributed by atoms with van der Waals surface area (Å²) in [6, 6.07) is 4.12. The van der Waals surface area contributed by atoms with Gasteiger partial charge >= 0.3 is 0 Å². The summed E-state index contributed by atoms with van der Waals surface area (Å²) in [5, 5.41) is 0.